The smallest absolute Gasteiger partial charge is 0.273 e. The zero-order chi connectivity index (χ0) is 20.5. The first-order valence-electron chi connectivity index (χ1n) is 10.5. The Morgan fingerprint density at radius 3 is 2.50 bits per heavy atom. The van der Waals surface area contributed by atoms with Crippen molar-refractivity contribution in [1.29, 1.82) is 0 Å². The Labute approximate surface area is 178 Å². The lowest BCUT2D eigenvalue weighted by Gasteiger charge is -2.55. The van der Waals surface area contributed by atoms with Crippen molar-refractivity contribution in [2.75, 3.05) is 5.43 Å². The van der Waals surface area contributed by atoms with E-state index in [1.165, 1.54) is 36.5 Å². The zero-order valence-corrected chi connectivity index (χ0v) is 17.2. The third kappa shape index (κ3) is 2.71. The Balaban J connectivity index is 1.32. The fourth-order valence-electron chi connectivity index (χ4n) is 6.40. The summed E-state index contributed by atoms with van der Waals surface area (Å²) in [5.41, 5.74) is 3.36. The van der Waals surface area contributed by atoms with Crippen molar-refractivity contribution in [2.24, 2.45) is 23.2 Å². The summed E-state index contributed by atoms with van der Waals surface area (Å²) in [6, 6.07) is 7.20. The second-order valence-corrected chi connectivity index (χ2v) is 9.77. The van der Waals surface area contributed by atoms with Crippen LogP contribution in [0.15, 0.2) is 41.6 Å². The summed E-state index contributed by atoms with van der Waals surface area (Å²) in [5.74, 6) is 1.95. The SMILES string of the molecule is O=C(Nn1cnc2c(cnn2-c2cccc(Cl)c2)c1=O)C12CC3CC(CC(C3)C1)C2. The topological polar surface area (TPSA) is 81.8 Å². The molecule has 8 heteroatoms. The van der Waals surface area contributed by atoms with Crippen LogP contribution < -0.4 is 11.0 Å². The van der Waals surface area contributed by atoms with Crippen LogP contribution in [0.3, 0.4) is 0 Å². The molecule has 1 aromatic carbocycles. The lowest BCUT2D eigenvalue weighted by atomic mass is 9.49. The van der Waals surface area contributed by atoms with Gasteiger partial charge < -0.3 is 0 Å². The largest absolute Gasteiger partial charge is 0.283 e. The quantitative estimate of drug-likeness (QED) is 0.698. The number of hydrogen-bond acceptors (Lipinski definition) is 4. The van der Waals surface area contributed by atoms with Crippen molar-refractivity contribution in [3.8, 4) is 5.69 Å². The van der Waals surface area contributed by atoms with Crippen molar-refractivity contribution >= 4 is 28.5 Å². The molecule has 154 valence electrons. The van der Waals surface area contributed by atoms with Crippen LogP contribution in [0.25, 0.3) is 16.7 Å². The van der Waals surface area contributed by atoms with E-state index >= 15 is 0 Å². The van der Waals surface area contributed by atoms with Crippen LogP contribution in [-0.4, -0.2) is 25.3 Å². The molecule has 7 rings (SSSR count). The van der Waals surface area contributed by atoms with Gasteiger partial charge in [0.05, 0.1) is 17.3 Å². The molecular formula is C22H22ClN5O2. The highest BCUT2D eigenvalue weighted by Gasteiger charge is 2.54. The lowest BCUT2D eigenvalue weighted by Crippen LogP contribution is -2.53. The van der Waals surface area contributed by atoms with E-state index in [0.29, 0.717) is 33.8 Å². The monoisotopic (exact) mass is 423 g/mol. The van der Waals surface area contributed by atoms with Crippen LogP contribution in [0.2, 0.25) is 5.02 Å². The van der Waals surface area contributed by atoms with E-state index in [4.69, 9.17) is 11.6 Å². The van der Waals surface area contributed by atoms with Gasteiger partial charge in [-0.15, -0.1) is 0 Å². The van der Waals surface area contributed by atoms with Gasteiger partial charge in [0.1, 0.15) is 11.7 Å². The van der Waals surface area contributed by atoms with Crippen molar-refractivity contribution < 1.29 is 4.79 Å². The Morgan fingerprint density at radius 2 is 1.83 bits per heavy atom. The minimum atomic E-state index is -0.327. The maximum absolute atomic E-state index is 13.3. The van der Waals surface area contributed by atoms with Crippen LogP contribution >= 0.6 is 11.6 Å². The molecular weight excluding hydrogens is 402 g/mol. The molecule has 2 aromatic heterocycles. The molecule has 1 amide bonds. The number of amides is 1. The van der Waals surface area contributed by atoms with E-state index in [1.54, 1.807) is 16.8 Å². The van der Waals surface area contributed by atoms with Gasteiger partial charge in [0.2, 0.25) is 5.91 Å². The summed E-state index contributed by atoms with van der Waals surface area (Å²) >= 11 is 6.08. The molecule has 2 heterocycles. The Kier molecular flexibility index (Phi) is 3.87. The van der Waals surface area contributed by atoms with Gasteiger partial charge in [-0.25, -0.2) is 14.3 Å². The number of aromatic nitrogens is 4. The summed E-state index contributed by atoms with van der Waals surface area (Å²) in [6.45, 7) is 0. The lowest BCUT2D eigenvalue weighted by molar-refractivity contribution is -0.141. The standard InChI is InChI=1S/C22H22ClN5O2/c23-16-2-1-3-17(7-16)28-19-18(11-25-28)20(29)27(12-24-19)26-21(30)22-8-13-4-14(9-22)6-15(5-13)10-22/h1-3,7,11-15H,4-6,8-10H2,(H,26,30). The predicted octanol–water partition coefficient (Wildman–Crippen LogP) is 3.52. The van der Waals surface area contributed by atoms with Gasteiger partial charge in [-0.1, -0.05) is 17.7 Å². The Hall–Kier alpha value is -2.67. The molecule has 1 N–H and O–H groups in total. The normalized spacial score (nSPS) is 29.4. The molecule has 7 nitrogen and oxygen atoms in total. The average molecular weight is 424 g/mol. The first-order chi connectivity index (χ1) is 14.5. The first-order valence-corrected chi connectivity index (χ1v) is 10.9. The Morgan fingerprint density at radius 1 is 1.13 bits per heavy atom. The minimum Gasteiger partial charge on any atom is -0.273 e. The van der Waals surface area contributed by atoms with E-state index in [-0.39, 0.29) is 16.9 Å². The van der Waals surface area contributed by atoms with Gasteiger partial charge in [-0.2, -0.15) is 5.10 Å². The summed E-state index contributed by atoms with van der Waals surface area (Å²) in [4.78, 5) is 30.7. The molecule has 0 unspecified atom stereocenters. The fraction of sp³-hybridized carbons (Fsp3) is 0.455. The van der Waals surface area contributed by atoms with Gasteiger partial charge in [-0.3, -0.25) is 15.0 Å². The summed E-state index contributed by atoms with van der Waals surface area (Å²) < 4.78 is 2.79. The van der Waals surface area contributed by atoms with Gasteiger partial charge in [-0.05, 0) is 74.5 Å². The van der Waals surface area contributed by atoms with Crippen LogP contribution in [0.5, 0.6) is 0 Å². The predicted molar refractivity (Wildman–Crippen MR) is 113 cm³/mol. The number of fused-ring (bicyclic) bond motifs is 1. The number of hydrogen-bond donors (Lipinski definition) is 1. The highest BCUT2D eigenvalue weighted by atomic mass is 35.5. The number of rotatable bonds is 3. The second-order valence-electron chi connectivity index (χ2n) is 9.33. The average Bonchev–Trinajstić information content (AvgIpc) is 3.14. The Bertz CT molecular complexity index is 1190. The number of halogens is 1. The summed E-state index contributed by atoms with van der Waals surface area (Å²) in [7, 11) is 0. The minimum absolute atomic E-state index is 0.0351. The van der Waals surface area contributed by atoms with Gasteiger partial charge in [0.25, 0.3) is 5.56 Å². The van der Waals surface area contributed by atoms with Crippen molar-refractivity contribution in [3.63, 3.8) is 0 Å². The number of carbonyl (C=O) groups is 1. The number of nitrogens with one attached hydrogen (secondary N) is 1. The van der Waals surface area contributed by atoms with Gasteiger partial charge in [0, 0.05) is 5.02 Å². The molecule has 4 saturated carbocycles. The number of nitrogens with zero attached hydrogens (tertiary/aromatic N) is 4. The second kappa shape index (κ2) is 6.41. The maximum Gasteiger partial charge on any atom is 0.283 e. The van der Waals surface area contributed by atoms with Crippen molar-refractivity contribution in [3.05, 3.63) is 52.2 Å². The highest BCUT2D eigenvalue weighted by Crippen LogP contribution is 2.60. The molecule has 4 bridgehead atoms. The fourth-order valence-corrected chi connectivity index (χ4v) is 6.59. The van der Waals surface area contributed by atoms with Crippen molar-refractivity contribution in [2.45, 2.75) is 38.5 Å². The van der Waals surface area contributed by atoms with E-state index in [9.17, 15) is 9.59 Å². The number of benzene rings is 1. The molecule has 0 spiro atoms. The third-order valence-electron chi connectivity index (χ3n) is 7.28. The summed E-state index contributed by atoms with van der Waals surface area (Å²) in [6.07, 6.45) is 9.50. The maximum atomic E-state index is 13.3. The van der Waals surface area contributed by atoms with Gasteiger partial charge in [0.15, 0.2) is 5.65 Å². The zero-order valence-electron chi connectivity index (χ0n) is 16.4. The highest BCUT2D eigenvalue weighted by molar-refractivity contribution is 6.30. The van der Waals surface area contributed by atoms with Crippen LogP contribution in [0, 0.1) is 23.2 Å². The molecule has 0 atom stereocenters. The molecule has 0 saturated heterocycles. The molecule has 4 fully saturated rings. The van der Waals surface area contributed by atoms with E-state index in [1.807, 2.05) is 12.1 Å². The summed E-state index contributed by atoms with van der Waals surface area (Å²) in [5, 5.41) is 5.24. The molecule has 0 aliphatic heterocycles. The van der Waals surface area contributed by atoms with E-state index in [2.05, 4.69) is 15.5 Å². The van der Waals surface area contributed by atoms with Crippen molar-refractivity contribution in [1.82, 2.24) is 19.4 Å². The molecule has 4 aliphatic carbocycles. The van der Waals surface area contributed by atoms with Crippen LogP contribution in [-0.2, 0) is 4.79 Å². The van der Waals surface area contributed by atoms with E-state index in [0.717, 1.165) is 24.9 Å². The van der Waals surface area contributed by atoms with E-state index < -0.39 is 0 Å². The molecule has 4 aliphatic rings. The molecule has 0 radical (unpaired) electrons. The number of carbonyl (C=O) groups excluding carboxylic acids is 1. The molecule has 3 aromatic rings. The van der Waals surface area contributed by atoms with Crippen LogP contribution in [0.4, 0.5) is 0 Å². The van der Waals surface area contributed by atoms with Gasteiger partial charge >= 0.3 is 0 Å². The third-order valence-corrected chi connectivity index (χ3v) is 7.52. The van der Waals surface area contributed by atoms with Crippen LogP contribution in [0.1, 0.15) is 38.5 Å². The first kappa shape index (κ1) is 18.1. The molecule has 30 heavy (non-hydrogen) atoms.